The van der Waals surface area contributed by atoms with Gasteiger partial charge in [0.15, 0.2) is 0 Å². The van der Waals surface area contributed by atoms with Crippen molar-refractivity contribution in [2.45, 2.75) is 117 Å². The zero-order valence-electron chi connectivity index (χ0n) is 27.7. The smallest absolute Gasteiger partial charge is 1.00 e. The molecule has 0 radical (unpaired) electrons. The Kier molecular flexibility index (Phi) is 23.9. The van der Waals surface area contributed by atoms with Crippen LogP contribution in [0.2, 0.25) is 0 Å². The van der Waals surface area contributed by atoms with Crippen LogP contribution in [-0.4, -0.2) is 23.6 Å². The SMILES string of the molecule is CCC(C)P(c1cc2ccccc2[cH-]1)C(C)CC.CCCCCCP(CCCCCC)c1cc2ccccc2[cH-]1.[Cl-].[Cl-].[Ti+4]. The van der Waals surface area contributed by atoms with Crippen molar-refractivity contribution in [2.24, 2.45) is 0 Å². The van der Waals surface area contributed by atoms with E-state index in [0.717, 1.165) is 11.3 Å². The Hall–Kier alpha value is -0.186. The molecule has 0 spiro atoms. The van der Waals surface area contributed by atoms with Crippen molar-refractivity contribution in [3.05, 3.63) is 72.8 Å². The van der Waals surface area contributed by atoms with Crippen molar-refractivity contribution in [1.29, 1.82) is 0 Å². The maximum absolute atomic E-state index is 2.47. The zero-order chi connectivity index (χ0) is 28.7. The number of rotatable bonds is 16. The molecule has 0 N–H and O–H groups in total. The van der Waals surface area contributed by atoms with Gasteiger partial charge >= 0.3 is 21.7 Å². The molecule has 4 aromatic carbocycles. The van der Waals surface area contributed by atoms with Gasteiger partial charge in [-0.2, -0.15) is 12.1 Å². The number of halogens is 2. The minimum absolute atomic E-state index is 0. The molecule has 236 valence electrons. The van der Waals surface area contributed by atoms with Crippen LogP contribution < -0.4 is 35.4 Å². The quantitative estimate of drug-likeness (QED) is 0.0577. The van der Waals surface area contributed by atoms with E-state index in [1.807, 2.05) is 0 Å². The van der Waals surface area contributed by atoms with Gasteiger partial charge in [0.2, 0.25) is 0 Å². The van der Waals surface area contributed by atoms with Crippen LogP contribution in [0.3, 0.4) is 0 Å². The summed E-state index contributed by atoms with van der Waals surface area (Å²) in [4.78, 5) is 0. The van der Waals surface area contributed by atoms with Crippen molar-refractivity contribution in [1.82, 2.24) is 0 Å². The molecular weight excluding hydrogens is 637 g/mol. The van der Waals surface area contributed by atoms with Crippen molar-refractivity contribution in [3.8, 4) is 0 Å². The molecule has 2 atom stereocenters. The number of hydrogen-bond acceptors (Lipinski definition) is 0. The fourth-order valence-corrected chi connectivity index (χ4v) is 11.6. The first-order chi connectivity index (χ1) is 19.5. The summed E-state index contributed by atoms with van der Waals surface area (Å²) in [5.41, 5.74) is 1.65. The topological polar surface area (TPSA) is 0 Å². The first-order valence-electron chi connectivity index (χ1n) is 16.4. The van der Waals surface area contributed by atoms with Gasteiger partial charge in [0.25, 0.3) is 0 Å². The normalized spacial score (nSPS) is 12.9. The summed E-state index contributed by atoms with van der Waals surface area (Å²) < 4.78 is 0. The number of hydrogen-bond donors (Lipinski definition) is 0. The van der Waals surface area contributed by atoms with Crippen LogP contribution in [0.15, 0.2) is 72.8 Å². The van der Waals surface area contributed by atoms with Gasteiger partial charge in [0.1, 0.15) is 0 Å². The molecule has 0 aliphatic rings. The number of unbranched alkanes of at least 4 members (excludes halogenated alkanes) is 6. The molecule has 0 heterocycles. The van der Waals surface area contributed by atoms with Gasteiger partial charge in [-0.25, -0.2) is 0 Å². The van der Waals surface area contributed by atoms with E-state index >= 15 is 0 Å². The average molecular weight is 694 g/mol. The first kappa shape index (κ1) is 42.8. The van der Waals surface area contributed by atoms with Crippen LogP contribution >= 0.6 is 15.8 Å². The van der Waals surface area contributed by atoms with Gasteiger partial charge < -0.3 is 24.8 Å². The second kappa shape index (κ2) is 24.1. The van der Waals surface area contributed by atoms with E-state index in [2.05, 4.69) is 114 Å². The Morgan fingerprint density at radius 3 is 1.42 bits per heavy atom. The Balaban J connectivity index is 0.000000779. The molecule has 5 heteroatoms. The van der Waals surface area contributed by atoms with E-state index < -0.39 is 0 Å². The van der Waals surface area contributed by atoms with Gasteiger partial charge in [-0.1, -0.05) is 108 Å². The predicted octanol–water partition coefficient (Wildman–Crippen LogP) is 6.09. The molecule has 4 aromatic rings. The summed E-state index contributed by atoms with van der Waals surface area (Å²) in [6, 6.07) is 27.4. The van der Waals surface area contributed by atoms with Crippen LogP contribution in [-0.2, 0) is 21.7 Å². The molecule has 0 aromatic heterocycles. The molecule has 43 heavy (non-hydrogen) atoms. The third kappa shape index (κ3) is 13.6. The molecule has 2 unspecified atom stereocenters. The maximum Gasteiger partial charge on any atom is 4.00 e. The van der Waals surface area contributed by atoms with Gasteiger partial charge in [-0.3, -0.25) is 0 Å². The minimum atomic E-state index is -0.0252. The molecule has 0 aliphatic carbocycles. The van der Waals surface area contributed by atoms with E-state index in [1.54, 1.807) is 10.6 Å². The van der Waals surface area contributed by atoms with Gasteiger partial charge in [-0.05, 0) is 49.3 Å². The summed E-state index contributed by atoms with van der Waals surface area (Å²) in [5.74, 6) is 0. The summed E-state index contributed by atoms with van der Waals surface area (Å²) in [7, 11) is 0.0390. The zero-order valence-corrected chi connectivity index (χ0v) is 32.6. The third-order valence-electron chi connectivity index (χ3n) is 8.56. The van der Waals surface area contributed by atoms with Crippen molar-refractivity contribution >= 4 is 48.0 Å². The molecular formula is C38H56Cl2P2Ti. The van der Waals surface area contributed by atoms with Crippen LogP contribution in [0.4, 0.5) is 0 Å². The Bertz CT molecular complexity index is 1140. The van der Waals surface area contributed by atoms with Gasteiger partial charge in [0, 0.05) is 0 Å². The van der Waals surface area contributed by atoms with Crippen LogP contribution in [0.5, 0.6) is 0 Å². The fraction of sp³-hybridized carbons (Fsp3) is 0.526. The molecule has 0 aliphatic heterocycles. The monoisotopic (exact) mass is 692 g/mol. The second-order valence-electron chi connectivity index (χ2n) is 11.7. The van der Waals surface area contributed by atoms with E-state index in [1.165, 1.54) is 98.1 Å². The van der Waals surface area contributed by atoms with Crippen LogP contribution in [0.25, 0.3) is 21.5 Å². The minimum Gasteiger partial charge on any atom is -1.00 e. The molecule has 0 bridgehead atoms. The number of benzene rings is 2. The largest absolute Gasteiger partial charge is 4.00 e. The molecule has 0 nitrogen and oxygen atoms in total. The van der Waals surface area contributed by atoms with Crippen LogP contribution in [0, 0.1) is 0 Å². The van der Waals surface area contributed by atoms with Crippen molar-refractivity contribution in [2.75, 3.05) is 12.3 Å². The standard InChI is InChI=1S/C21H32P.C17H24P.2ClH.Ti/c1-3-5-7-11-15-22(16-12-8-6-4-2)21-17-19-13-9-10-14-20(19)18-21;1-5-13(3)18(14(4)6-2)17-11-15-9-7-8-10-16(15)12-17;;;/h9-10,13-14,17-18H,3-8,11-12,15-16H2,1-2H3;7-14H,5-6H2,1-4H3;2*1H;/q2*-1;;;+4/p-2. The summed E-state index contributed by atoms with van der Waals surface area (Å²) in [6.45, 7) is 14.1. The molecule has 4 rings (SSSR count). The first-order valence-corrected chi connectivity index (χ1v) is 19.6. The van der Waals surface area contributed by atoms with Crippen LogP contribution in [0.1, 0.15) is 106 Å². The predicted molar refractivity (Wildman–Crippen MR) is 190 cm³/mol. The van der Waals surface area contributed by atoms with E-state index in [0.29, 0.717) is 0 Å². The maximum atomic E-state index is 2.47. The number of fused-ring (bicyclic) bond motifs is 2. The van der Waals surface area contributed by atoms with Gasteiger partial charge in [-0.15, -0.1) is 80.7 Å². The van der Waals surface area contributed by atoms with E-state index in [-0.39, 0.29) is 62.4 Å². The summed E-state index contributed by atoms with van der Waals surface area (Å²) in [5, 5.41) is 8.96. The average Bonchev–Trinajstić information content (AvgIpc) is 3.61. The Morgan fingerprint density at radius 1 is 0.581 bits per heavy atom. The van der Waals surface area contributed by atoms with Crippen molar-refractivity contribution in [3.63, 3.8) is 0 Å². The molecule has 0 saturated carbocycles. The van der Waals surface area contributed by atoms with E-state index in [9.17, 15) is 0 Å². The summed E-state index contributed by atoms with van der Waals surface area (Å²) in [6.07, 6.45) is 16.6. The summed E-state index contributed by atoms with van der Waals surface area (Å²) >= 11 is 0. The molecule has 0 saturated heterocycles. The van der Waals surface area contributed by atoms with E-state index in [4.69, 9.17) is 0 Å². The van der Waals surface area contributed by atoms with Crippen molar-refractivity contribution < 1.29 is 46.5 Å². The Labute approximate surface area is 294 Å². The second-order valence-corrected chi connectivity index (χ2v) is 17.3. The molecule has 0 fully saturated rings. The third-order valence-corrected chi connectivity index (χ3v) is 14.7. The Morgan fingerprint density at radius 2 is 1.00 bits per heavy atom. The van der Waals surface area contributed by atoms with Gasteiger partial charge in [0.05, 0.1) is 0 Å². The fourth-order valence-electron chi connectivity index (χ4n) is 5.77. The molecule has 0 amide bonds.